The molecule has 2 amide bonds. The van der Waals surface area contributed by atoms with E-state index in [2.05, 4.69) is 21.2 Å². The summed E-state index contributed by atoms with van der Waals surface area (Å²) in [6.07, 6.45) is 2.19. The largest absolute Gasteiger partial charge is 0.398 e. The van der Waals surface area contributed by atoms with Crippen LogP contribution in [0, 0.1) is 0 Å². The number of hydrogen-bond acceptors (Lipinski definition) is 2. The van der Waals surface area contributed by atoms with E-state index in [1.54, 1.807) is 12.1 Å². The lowest BCUT2D eigenvalue weighted by atomic mass is 10.3. The van der Waals surface area contributed by atoms with E-state index in [0.717, 1.165) is 36.1 Å². The molecule has 0 aromatic heterocycles. The summed E-state index contributed by atoms with van der Waals surface area (Å²) in [5, 5.41) is 2.85. The maximum absolute atomic E-state index is 11.8. The fourth-order valence-corrected chi connectivity index (χ4v) is 2.11. The summed E-state index contributed by atoms with van der Waals surface area (Å²) in [5.41, 5.74) is 7.10. The van der Waals surface area contributed by atoms with Crippen molar-refractivity contribution in [1.82, 2.24) is 4.90 Å². The first-order valence-corrected chi connectivity index (χ1v) is 6.07. The van der Waals surface area contributed by atoms with Crippen LogP contribution in [0.5, 0.6) is 0 Å². The van der Waals surface area contributed by atoms with Crippen LogP contribution in [0.2, 0.25) is 0 Å². The third-order valence-corrected chi connectivity index (χ3v) is 3.33. The zero-order chi connectivity index (χ0) is 11.5. The summed E-state index contributed by atoms with van der Waals surface area (Å²) in [6, 6.07) is 5.34. The average Bonchev–Trinajstić information content (AvgIpc) is 2.77. The van der Waals surface area contributed by atoms with Crippen LogP contribution in [0.15, 0.2) is 22.7 Å². The standard InChI is InChI=1S/C11H14BrN3O/c12-9-7-8(3-4-10(9)13)14-11(16)15-5-1-2-6-15/h3-4,7H,1-2,5-6,13H2,(H,14,16). The number of anilines is 2. The van der Waals surface area contributed by atoms with Crippen LogP contribution in [-0.4, -0.2) is 24.0 Å². The monoisotopic (exact) mass is 283 g/mol. The number of likely N-dealkylation sites (tertiary alicyclic amines) is 1. The molecule has 0 spiro atoms. The zero-order valence-electron chi connectivity index (χ0n) is 8.87. The van der Waals surface area contributed by atoms with Gasteiger partial charge in [-0.15, -0.1) is 0 Å². The number of nitrogen functional groups attached to an aromatic ring is 1. The van der Waals surface area contributed by atoms with Crippen molar-refractivity contribution < 1.29 is 4.79 Å². The van der Waals surface area contributed by atoms with Gasteiger partial charge in [0.1, 0.15) is 0 Å². The molecule has 2 rings (SSSR count). The summed E-state index contributed by atoms with van der Waals surface area (Å²) < 4.78 is 0.798. The molecule has 5 heteroatoms. The third kappa shape index (κ3) is 2.47. The molecule has 0 saturated carbocycles. The maximum atomic E-state index is 11.8. The number of carbonyl (C=O) groups excluding carboxylic acids is 1. The molecule has 1 heterocycles. The molecule has 1 saturated heterocycles. The molecule has 1 fully saturated rings. The minimum Gasteiger partial charge on any atom is -0.398 e. The highest BCUT2D eigenvalue weighted by molar-refractivity contribution is 9.10. The van der Waals surface area contributed by atoms with Gasteiger partial charge in [-0.05, 0) is 47.0 Å². The molecule has 3 N–H and O–H groups in total. The van der Waals surface area contributed by atoms with E-state index in [1.807, 2.05) is 11.0 Å². The fraction of sp³-hybridized carbons (Fsp3) is 0.364. The second-order valence-corrected chi connectivity index (χ2v) is 4.71. The Hall–Kier alpha value is -1.23. The highest BCUT2D eigenvalue weighted by Gasteiger charge is 2.17. The van der Waals surface area contributed by atoms with Crippen molar-refractivity contribution in [3.05, 3.63) is 22.7 Å². The maximum Gasteiger partial charge on any atom is 0.321 e. The van der Waals surface area contributed by atoms with Gasteiger partial charge in [-0.2, -0.15) is 0 Å². The van der Waals surface area contributed by atoms with Gasteiger partial charge in [-0.3, -0.25) is 0 Å². The van der Waals surface area contributed by atoms with Crippen molar-refractivity contribution in [2.24, 2.45) is 0 Å². The molecule has 1 aromatic carbocycles. The fourth-order valence-electron chi connectivity index (χ4n) is 1.73. The SMILES string of the molecule is Nc1ccc(NC(=O)N2CCCC2)cc1Br. The number of rotatable bonds is 1. The average molecular weight is 284 g/mol. The first-order chi connectivity index (χ1) is 7.66. The molecule has 1 aromatic rings. The number of amides is 2. The van der Waals surface area contributed by atoms with Crippen LogP contribution in [0.4, 0.5) is 16.2 Å². The molecule has 86 valence electrons. The Morgan fingerprint density at radius 1 is 1.38 bits per heavy atom. The number of urea groups is 1. The van der Waals surface area contributed by atoms with Gasteiger partial charge in [-0.1, -0.05) is 0 Å². The topological polar surface area (TPSA) is 58.4 Å². The Labute approximate surface area is 103 Å². The highest BCUT2D eigenvalue weighted by atomic mass is 79.9. The molecule has 0 atom stereocenters. The van der Waals surface area contributed by atoms with E-state index in [0.29, 0.717) is 5.69 Å². The number of nitrogens with zero attached hydrogens (tertiary/aromatic N) is 1. The summed E-state index contributed by atoms with van der Waals surface area (Å²) in [5.74, 6) is 0. The van der Waals surface area contributed by atoms with Gasteiger partial charge in [0.25, 0.3) is 0 Å². The number of benzene rings is 1. The van der Waals surface area contributed by atoms with Crippen LogP contribution in [0.3, 0.4) is 0 Å². The van der Waals surface area contributed by atoms with Crippen LogP contribution in [-0.2, 0) is 0 Å². The lowest BCUT2D eigenvalue weighted by molar-refractivity contribution is 0.222. The first-order valence-electron chi connectivity index (χ1n) is 5.28. The molecule has 1 aliphatic heterocycles. The first kappa shape index (κ1) is 11.3. The van der Waals surface area contributed by atoms with Crippen LogP contribution in [0.25, 0.3) is 0 Å². The van der Waals surface area contributed by atoms with Crippen LogP contribution in [0.1, 0.15) is 12.8 Å². The second kappa shape index (κ2) is 4.74. The molecule has 4 nitrogen and oxygen atoms in total. The lowest BCUT2D eigenvalue weighted by Gasteiger charge is -2.16. The van der Waals surface area contributed by atoms with Gasteiger partial charge in [0.2, 0.25) is 0 Å². The van der Waals surface area contributed by atoms with E-state index in [1.165, 1.54) is 0 Å². The van der Waals surface area contributed by atoms with Crippen molar-refractivity contribution >= 4 is 33.3 Å². The predicted molar refractivity (Wildman–Crippen MR) is 68.4 cm³/mol. The van der Waals surface area contributed by atoms with Crippen molar-refractivity contribution in [1.29, 1.82) is 0 Å². The molecular formula is C11H14BrN3O. The number of carbonyl (C=O) groups is 1. The molecule has 0 unspecified atom stereocenters. The van der Waals surface area contributed by atoms with Gasteiger partial charge < -0.3 is 16.0 Å². The lowest BCUT2D eigenvalue weighted by Crippen LogP contribution is -2.32. The summed E-state index contributed by atoms with van der Waals surface area (Å²) in [6.45, 7) is 1.70. The Bertz CT molecular complexity index is 402. The van der Waals surface area contributed by atoms with Gasteiger partial charge in [0, 0.05) is 28.9 Å². The van der Waals surface area contributed by atoms with Crippen molar-refractivity contribution in [3.8, 4) is 0 Å². The third-order valence-electron chi connectivity index (χ3n) is 2.64. The molecule has 1 aliphatic rings. The Balaban J connectivity index is 2.02. The van der Waals surface area contributed by atoms with E-state index in [4.69, 9.17) is 5.73 Å². The van der Waals surface area contributed by atoms with Gasteiger partial charge >= 0.3 is 6.03 Å². The second-order valence-electron chi connectivity index (χ2n) is 3.86. The van der Waals surface area contributed by atoms with E-state index < -0.39 is 0 Å². The Kier molecular flexibility index (Phi) is 3.33. The number of nitrogens with two attached hydrogens (primary N) is 1. The predicted octanol–water partition coefficient (Wildman–Crippen LogP) is 2.66. The zero-order valence-corrected chi connectivity index (χ0v) is 10.5. The van der Waals surface area contributed by atoms with Crippen LogP contribution >= 0.6 is 15.9 Å². The molecule has 16 heavy (non-hydrogen) atoms. The molecular weight excluding hydrogens is 270 g/mol. The van der Waals surface area contributed by atoms with Crippen molar-refractivity contribution in [2.75, 3.05) is 24.1 Å². The Morgan fingerprint density at radius 2 is 2.06 bits per heavy atom. The normalized spacial score (nSPS) is 15.2. The van der Waals surface area contributed by atoms with Gasteiger partial charge in [0.15, 0.2) is 0 Å². The summed E-state index contributed by atoms with van der Waals surface area (Å²) in [7, 11) is 0. The number of hydrogen-bond donors (Lipinski definition) is 2. The van der Waals surface area contributed by atoms with E-state index in [-0.39, 0.29) is 6.03 Å². The van der Waals surface area contributed by atoms with Crippen LogP contribution < -0.4 is 11.1 Å². The minimum atomic E-state index is -0.0332. The van der Waals surface area contributed by atoms with E-state index in [9.17, 15) is 4.79 Å². The quantitative estimate of drug-likeness (QED) is 0.779. The summed E-state index contributed by atoms with van der Waals surface area (Å²) in [4.78, 5) is 13.6. The highest BCUT2D eigenvalue weighted by Crippen LogP contribution is 2.23. The molecule has 0 radical (unpaired) electrons. The minimum absolute atomic E-state index is 0.0332. The smallest absolute Gasteiger partial charge is 0.321 e. The number of nitrogens with one attached hydrogen (secondary N) is 1. The molecule has 0 bridgehead atoms. The van der Waals surface area contributed by atoms with Crippen molar-refractivity contribution in [2.45, 2.75) is 12.8 Å². The number of halogens is 1. The van der Waals surface area contributed by atoms with Gasteiger partial charge in [-0.25, -0.2) is 4.79 Å². The van der Waals surface area contributed by atoms with Gasteiger partial charge in [0.05, 0.1) is 0 Å². The van der Waals surface area contributed by atoms with Crippen molar-refractivity contribution in [3.63, 3.8) is 0 Å². The summed E-state index contributed by atoms with van der Waals surface area (Å²) >= 11 is 3.33. The van der Waals surface area contributed by atoms with E-state index >= 15 is 0 Å². The Morgan fingerprint density at radius 3 is 2.69 bits per heavy atom. The molecule has 0 aliphatic carbocycles.